The Labute approximate surface area is 341 Å². The maximum atomic E-state index is 11.9. The van der Waals surface area contributed by atoms with Gasteiger partial charge in [-0.1, -0.05) is 84.0 Å². The number of unbranched alkanes of at least 4 members (excludes halogenated alkanes) is 12. The molecule has 0 rings (SSSR count). The van der Waals surface area contributed by atoms with E-state index in [1.807, 2.05) is 0 Å². The molecule has 0 aliphatic heterocycles. The second-order valence-electron chi connectivity index (χ2n) is 13.2. The summed E-state index contributed by atoms with van der Waals surface area (Å²) in [7, 11) is 0. The molecule has 57 heavy (non-hydrogen) atoms. The minimum atomic E-state index is -1.56. The van der Waals surface area contributed by atoms with Crippen LogP contribution in [0, 0.1) is 0 Å². The molecule has 0 aromatic heterocycles. The van der Waals surface area contributed by atoms with Gasteiger partial charge in [0.05, 0.1) is 125 Å². The number of ether oxygens (including phenoxy) is 11. The number of rotatable bonds is 48. The fourth-order valence-corrected chi connectivity index (χ4v) is 5.04. The number of carboxylic acid groups (broad SMARTS) is 1. The number of hydrogen-bond donors (Lipinski definition) is 1. The maximum Gasteiger partial charge on any atom is 0.372 e. The Balaban J connectivity index is 3.17. The molecule has 0 fully saturated rings. The van der Waals surface area contributed by atoms with Crippen LogP contribution in [-0.2, 0) is 71.3 Å². The summed E-state index contributed by atoms with van der Waals surface area (Å²) in [6, 6.07) is 0. The number of carbonyl (C=O) groups excluding carboxylic acids is 3. The molecule has 0 unspecified atom stereocenters. The van der Waals surface area contributed by atoms with Gasteiger partial charge < -0.3 is 57.2 Å². The molecule has 16 heteroatoms. The van der Waals surface area contributed by atoms with Gasteiger partial charge in [0.25, 0.3) is 0 Å². The molecule has 0 amide bonds. The van der Waals surface area contributed by atoms with E-state index in [0.29, 0.717) is 119 Å². The summed E-state index contributed by atoms with van der Waals surface area (Å²) < 4.78 is 59.0. The maximum absolute atomic E-state index is 11.9. The third-order valence-corrected chi connectivity index (χ3v) is 8.24. The number of Topliss-reactive ketones (excluding diaryl/α,β-unsaturated/α-hetero) is 1. The monoisotopic (exact) mass is 825 g/mol. The van der Waals surface area contributed by atoms with E-state index < -0.39 is 17.7 Å². The van der Waals surface area contributed by atoms with Crippen LogP contribution in [0.15, 0.2) is 0 Å². The molecule has 0 aromatic carbocycles. The summed E-state index contributed by atoms with van der Waals surface area (Å²) in [6.07, 6.45) is 16.5. The zero-order valence-corrected chi connectivity index (χ0v) is 35.0. The first kappa shape index (κ1) is 54.7. The van der Waals surface area contributed by atoms with Crippen molar-refractivity contribution in [1.29, 1.82) is 0 Å². The van der Waals surface area contributed by atoms with Gasteiger partial charge in [-0.15, -0.1) is 0 Å². The summed E-state index contributed by atoms with van der Waals surface area (Å²) in [6.45, 7) is 10.0. The molecule has 0 saturated carbocycles. The van der Waals surface area contributed by atoms with Crippen molar-refractivity contribution in [2.45, 2.75) is 110 Å². The van der Waals surface area contributed by atoms with E-state index >= 15 is 0 Å². The average Bonchev–Trinajstić information content (AvgIpc) is 3.20. The van der Waals surface area contributed by atoms with E-state index in [0.717, 1.165) is 12.8 Å². The van der Waals surface area contributed by atoms with Gasteiger partial charge in [-0.05, 0) is 6.42 Å². The van der Waals surface area contributed by atoms with Crippen molar-refractivity contribution in [3.05, 3.63) is 0 Å². The van der Waals surface area contributed by atoms with E-state index in [1.54, 1.807) is 0 Å². The van der Waals surface area contributed by atoms with Crippen molar-refractivity contribution in [2.75, 3.05) is 132 Å². The second kappa shape index (κ2) is 46.4. The van der Waals surface area contributed by atoms with Gasteiger partial charge in [0, 0.05) is 12.8 Å². The van der Waals surface area contributed by atoms with Crippen LogP contribution in [0.5, 0.6) is 0 Å². The number of carboxylic acids is 1. The lowest BCUT2D eigenvalue weighted by molar-refractivity contribution is -0.151. The highest BCUT2D eigenvalue weighted by molar-refractivity contribution is 6.32. The Morgan fingerprint density at radius 1 is 0.316 bits per heavy atom. The fourth-order valence-electron chi connectivity index (χ4n) is 5.04. The molecule has 0 aliphatic rings. The zero-order valence-electron chi connectivity index (χ0n) is 35.0. The third kappa shape index (κ3) is 46.3. The molecule has 1 N–H and O–H groups in total. The molecule has 16 nitrogen and oxygen atoms in total. The molecule has 0 bridgehead atoms. The predicted molar refractivity (Wildman–Crippen MR) is 211 cm³/mol. The summed E-state index contributed by atoms with van der Waals surface area (Å²) >= 11 is 0. The number of ketones is 1. The van der Waals surface area contributed by atoms with E-state index in [4.69, 9.17) is 57.2 Å². The SMILES string of the molecule is CCCCCCCCCCCCCCCC(=O)OCCOCCOCCOCCOCCOCCOCCOCCOCCOCCOC(=O)CCC(=O)C(=O)O. The van der Waals surface area contributed by atoms with E-state index in [2.05, 4.69) is 6.92 Å². The molecule has 0 radical (unpaired) electrons. The number of carbonyl (C=O) groups is 4. The molecular weight excluding hydrogens is 748 g/mol. The number of aliphatic carboxylic acids is 1. The summed E-state index contributed by atoms with van der Waals surface area (Å²) in [5, 5.41) is 8.46. The van der Waals surface area contributed by atoms with E-state index in [1.165, 1.54) is 70.6 Å². The quantitative estimate of drug-likeness (QED) is 0.0482. The van der Waals surface area contributed by atoms with Crippen molar-refractivity contribution >= 4 is 23.7 Å². The first-order chi connectivity index (χ1) is 28.0. The van der Waals surface area contributed by atoms with Gasteiger partial charge in [0.1, 0.15) is 13.2 Å². The Kier molecular flexibility index (Phi) is 44.6. The zero-order chi connectivity index (χ0) is 41.5. The first-order valence-corrected chi connectivity index (χ1v) is 21.2. The van der Waals surface area contributed by atoms with Crippen LogP contribution >= 0.6 is 0 Å². The lowest BCUT2D eigenvalue weighted by Gasteiger charge is -2.09. The largest absolute Gasteiger partial charge is 0.476 e. The van der Waals surface area contributed by atoms with Gasteiger partial charge in [0.2, 0.25) is 5.78 Å². The Morgan fingerprint density at radius 2 is 0.561 bits per heavy atom. The van der Waals surface area contributed by atoms with Crippen molar-refractivity contribution in [2.24, 2.45) is 0 Å². The van der Waals surface area contributed by atoms with Gasteiger partial charge in [0.15, 0.2) is 0 Å². The highest BCUT2D eigenvalue weighted by Gasteiger charge is 2.14. The molecule has 0 spiro atoms. The average molecular weight is 825 g/mol. The lowest BCUT2D eigenvalue weighted by atomic mass is 10.0. The Bertz CT molecular complexity index is 906. The van der Waals surface area contributed by atoms with E-state index in [-0.39, 0.29) is 38.6 Å². The van der Waals surface area contributed by atoms with Crippen LogP contribution in [-0.4, -0.2) is 161 Å². The van der Waals surface area contributed by atoms with Crippen LogP contribution in [0.25, 0.3) is 0 Å². The molecule has 0 saturated heterocycles. The van der Waals surface area contributed by atoms with Crippen LogP contribution < -0.4 is 0 Å². The topological polar surface area (TPSA) is 190 Å². The third-order valence-electron chi connectivity index (χ3n) is 8.24. The Morgan fingerprint density at radius 3 is 0.842 bits per heavy atom. The Hall–Kier alpha value is -2.28. The van der Waals surface area contributed by atoms with Crippen molar-refractivity contribution < 1.29 is 76.4 Å². The molecule has 0 aliphatic carbocycles. The lowest BCUT2D eigenvalue weighted by Crippen LogP contribution is -2.17. The van der Waals surface area contributed by atoms with Crippen LogP contribution in [0.4, 0.5) is 0 Å². The minimum Gasteiger partial charge on any atom is -0.476 e. The molecule has 0 atom stereocenters. The van der Waals surface area contributed by atoms with Gasteiger partial charge in [-0.3, -0.25) is 14.4 Å². The molecular formula is C41H76O16. The van der Waals surface area contributed by atoms with Crippen molar-refractivity contribution in [3.8, 4) is 0 Å². The number of hydrogen-bond acceptors (Lipinski definition) is 15. The first-order valence-electron chi connectivity index (χ1n) is 21.2. The fraction of sp³-hybridized carbons (Fsp3) is 0.902. The van der Waals surface area contributed by atoms with Crippen LogP contribution in [0.2, 0.25) is 0 Å². The van der Waals surface area contributed by atoms with Gasteiger partial charge >= 0.3 is 17.9 Å². The molecule has 0 aromatic rings. The van der Waals surface area contributed by atoms with Gasteiger partial charge in [-0.25, -0.2) is 4.79 Å². The van der Waals surface area contributed by atoms with Crippen LogP contribution in [0.3, 0.4) is 0 Å². The summed E-state index contributed by atoms with van der Waals surface area (Å²) in [5.41, 5.74) is 0. The molecule has 336 valence electrons. The van der Waals surface area contributed by atoms with E-state index in [9.17, 15) is 19.2 Å². The highest BCUT2D eigenvalue weighted by Crippen LogP contribution is 2.13. The smallest absolute Gasteiger partial charge is 0.372 e. The summed E-state index contributed by atoms with van der Waals surface area (Å²) in [5.74, 6) is -3.39. The minimum absolute atomic E-state index is 0.0110. The summed E-state index contributed by atoms with van der Waals surface area (Å²) in [4.78, 5) is 44.6. The van der Waals surface area contributed by atoms with Gasteiger partial charge in [-0.2, -0.15) is 0 Å². The normalized spacial score (nSPS) is 11.2. The highest BCUT2D eigenvalue weighted by atomic mass is 16.6. The standard InChI is InChI=1S/C41H76O16/c1-2-3-4-5-6-7-8-9-10-11-12-13-14-15-39(43)56-36-34-54-32-30-52-28-26-50-24-22-48-20-18-47-19-21-49-23-25-51-27-29-53-31-33-55-35-37-57-40(44)17-16-38(42)41(45)46/h2-37H2,1H3,(H,45,46). The number of esters is 2. The molecule has 0 heterocycles. The predicted octanol–water partition coefficient (Wildman–Crippen LogP) is 5.14. The van der Waals surface area contributed by atoms with Crippen molar-refractivity contribution in [3.63, 3.8) is 0 Å². The van der Waals surface area contributed by atoms with Crippen molar-refractivity contribution in [1.82, 2.24) is 0 Å². The van der Waals surface area contributed by atoms with Crippen LogP contribution in [0.1, 0.15) is 110 Å². The second-order valence-corrected chi connectivity index (χ2v) is 13.2.